The van der Waals surface area contributed by atoms with E-state index in [4.69, 9.17) is 5.73 Å². The van der Waals surface area contributed by atoms with Crippen molar-refractivity contribution in [3.8, 4) is 0 Å². The molecule has 0 heterocycles. The number of carbonyl (C=O) groups excluding carboxylic acids is 1. The highest BCUT2D eigenvalue weighted by atomic mass is 79.9. The Kier molecular flexibility index (Phi) is 4.35. The molecule has 4 heteroatoms. The van der Waals surface area contributed by atoms with Crippen molar-refractivity contribution in [3.05, 3.63) is 70.2 Å². The van der Waals surface area contributed by atoms with Gasteiger partial charge in [-0.3, -0.25) is 4.79 Å². The Balaban J connectivity index is 1.86. The molecule has 0 aliphatic heterocycles. The Morgan fingerprint density at radius 3 is 2.57 bits per heavy atom. The summed E-state index contributed by atoms with van der Waals surface area (Å²) in [5, 5.41) is 5.09. The van der Waals surface area contributed by atoms with Gasteiger partial charge in [-0.05, 0) is 41.0 Å². The first-order valence-corrected chi connectivity index (χ1v) is 8.16. The molecule has 0 aliphatic rings. The van der Waals surface area contributed by atoms with Gasteiger partial charge in [-0.2, -0.15) is 0 Å². The molecule has 0 aliphatic carbocycles. The maximum Gasteiger partial charge on any atom is 0.228 e. The fourth-order valence-electron chi connectivity index (χ4n) is 2.64. The molecule has 0 spiro atoms. The number of fused-ring (bicyclic) bond motifs is 1. The first kappa shape index (κ1) is 15.6. The molecule has 0 bridgehead atoms. The Morgan fingerprint density at radius 2 is 1.78 bits per heavy atom. The van der Waals surface area contributed by atoms with Crippen molar-refractivity contribution < 1.29 is 4.79 Å². The van der Waals surface area contributed by atoms with E-state index in [0.29, 0.717) is 17.8 Å². The molecule has 3 N–H and O–H groups in total. The van der Waals surface area contributed by atoms with Gasteiger partial charge in [-0.15, -0.1) is 0 Å². The van der Waals surface area contributed by atoms with E-state index < -0.39 is 0 Å². The van der Waals surface area contributed by atoms with Crippen LogP contribution in [0, 0.1) is 6.92 Å². The molecule has 0 saturated carbocycles. The second-order valence-corrected chi connectivity index (χ2v) is 6.37. The van der Waals surface area contributed by atoms with Crippen molar-refractivity contribution in [2.24, 2.45) is 0 Å². The molecule has 0 atom stereocenters. The number of nitrogens with two attached hydrogens (primary N) is 1. The molecule has 0 fully saturated rings. The highest BCUT2D eigenvalue weighted by molar-refractivity contribution is 9.10. The van der Waals surface area contributed by atoms with E-state index in [1.54, 1.807) is 0 Å². The van der Waals surface area contributed by atoms with Crippen LogP contribution in [0.5, 0.6) is 0 Å². The lowest BCUT2D eigenvalue weighted by atomic mass is 10.0. The van der Waals surface area contributed by atoms with Gasteiger partial charge in [0.05, 0.1) is 17.8 Å². The van der Waals surface area contributed by atoms with Crippen LogP contribution in [0.15, 0.2) is 59.1 Å². The third-order valence-electron chi connectivity index (χ3n) is 3.91. The third kappa shape index (κ3) is 3.22. The summed E-state index contributed by atoms with van der Waals surface area (Å²) >= 11 is 3.55. The van der Waals surface area contributed by atoms with Gasteiger partial charge in [0.25, 0.3) is 0 Å². The van der Waals surface area contributed by atoms with Crippen LogP contribution in [0.4, 0.5) is 11.4 Å². The van der Waals surface area contributed by atoms with E-state index in [2.05, 4.69) is 21.2 Å². The first-order valence-electron chi connectivity index (χ1n) is 7.37. The Bertz CT molecular complexity index is 890. The maximum absolute atomic E-state index is 12.4. The van der Waals surface area contributed by atoms with Gasteiger partial charge in [0.15, 0.2) is 0 Å². The van der Waals surface area contributed by atoms with Gasteiger partial charge in [-0.1, -0.05) is 58.4 Å². The zero-order chi connectivity index (χ0) is 16.4. The molecule has 116 valence electrons. The number of halogens is 1. The number of anilines is 2. The quantitative estimate of drug-likeness (QED) is 0.659. The van der Waals surface area contributed by atoms with Gasteiger partial charge in [0, 0.05) is 4.47 Å². The Morgan fingerprint density at radius 1 is 1.04 bits per heavy atom. The molecular weight excluding hydrogens is 352 g/mol. The van der Waals surface area contributed by atoms with Gasteiger partial charge >= 0.3 is 0 Å². The number of hydrogen-bond acceptors (Lipinski definition) is 2. The van der Waals surface area contributed by atoms with E-state index in [1.165, 1.54) is 0 Å². The summed E-state index contributed by atoms with van der Waals surface area (Å²) < 4.78 is 1.03. The molecule has 0 aromatic heterocycles. The van der Waals surface area contributed by atoms with Crippen LogP contribution in [0.1, 0.15) is 11.1 Å². The van der Waals surface area contributed by atoms with Gasteiger partial charge in [-0.25, -0.2) is 0 Å². The first-order chi connectivity index (χ1) is 11.1. The average molecular weight is 369 g/mol. The molecular formula is C19H17BrN2O. The fraction of sp³-hybridized carbons (Fsp3) is 0.105. The summed E-state index contributed by atoms with van der Waals surface area (Å²) in [4.78, 5) is 12.4. The number of nitrogen functional groups attached to an aromatic ring is 1. The van der Waals surface area contributed by atoms with Crippen LogP contribution < -0.4 is 11.1 Å². The number of nitrogens with one attached hydrogen (secondary N) is 1. The van der Waals surface area contributed by atoms with Crippen molar-refractivity contribution in [3.63, 3.8) is 0 Å². The molecule has 3 nitrogen and oxygen atoms in total. The lowest BCUT2D eigenvalue weighted by molar-refractivity contribution is -0.115. The summed E-state index contributed by atoms with van der Waals surface area (Å²) in [5.41, 5.74) is 9.24. The topological polar surface area (TPSA) is 55.1 Å². The summed E-state index contributed by atoms with van der Waals surface area (Å²) in [6, 6.07) is 17.6. The van der Waals surface area contributed by atoms with Crippen LogP contribution in [0.25, 0.3) is 10.8 Å². The molecule has 0 saturated heterocycles. The Hall–Kier alpha value is -2.33. The van der Waals surface area contributed by atoms with Crippen molar-refractivity contribution >= 4 is 44.0 Å². The predicted molar refractivity (Wildman–Crippen MR) is 99.6 cm³/mol. The number of rotatable bonds is 3. The zero-order valence-electron chi connectivity index (χ0n) is 12.8. The van der Waals surface area contributed by atoms with Crippen LogP contribution in [0.2, 0.25) is 0 Å². The highest BCUT2D eigenvalue weighted by Crippen LogP contribution is 2.28. The molecule has 3 aromatic rings. The summed E-state index contributed by atoms with van der Waals surface area (Å²) in [6.07, 6.45) is 0.307. The second-order valence-electron chi connectivity index (χ2n) is 5.51. The largest absolute Gasteiger partial charge is 0.397 e. The van der Waals surface area contributed by atoms with E-state index in [1.807, 2.05) is 61.5 Å². The normalized spacial score (nSPS) is 10.7. The average Bonchev–Trinajstić information content (AvgIpc) is 2.55. The van der Waals surface area contributed by atoms with Crippen LogP contribution in [0.3, 0.4) is 0 Å². The fourth-order valence-corrected chi connectivity index (χ4v) is 3.11. The lowest BCUT2D eigenvalue weighted by Gasteiger charge is -2.11. The highest BCUT2D eigenvalue weighted by Gasteiger charge is 2.10. The van der Waals surface area contributed by atoms with Crippen molar-refractivity contribution in [2.45, 2.75) is 13.3 Å². The van der Waals surface area contributed by atoms with Gasteiger partial charge in [0.1, 0.15) is 0 Å². The molecule has 23 heavy (non-hydrogen) atoms. The van der Waals surface area contributed by atoms with Crippen molar-refractivity contribution in [1.82, 2.24) is 0 Å². The van der Waals surface area contributed by atoms with Gasteiger partial charge in [0.2, 0.25) is 5.91 Å². The minimum Gasteiger partial charge on any atom is -0.397 e. The molecule has 0 unspecified atom stereocenters. The van der Waals surface area contributed by atoms with E-state index in [-0.39, 0.29) is 5.91 Å². The molecule has 3 rings (SSSR count). The summed E-state index contributed by atoms with van der Waals surface area (Å²) in [7, 11) is 0. The molecule has 1 amide bonds. The van der Waals surface area contributed by atoms with E-state index in [0.717, 1.165) is 26.4 Å². The number of hydrogen-bond donors (Lipinski definition) is 2. The van der Waals surface area contributed by atoms with E-state index >= 15 is 0 Å². The maximum atomic E-state index is 12.4. The predicted octanol–water partition coefficient (Wildman–Crippen LogP) is 4.67. The second kappa shape index (κ2) is 6.42. The molecule has 0 radical (unpaired) electrons. The van der Waals surface area contributed by atoms with Crippen molar-refractivity contribution in [2.75, 3.05) is 11.1 Å². The standard InChI is InChI=1S/C19H17BrN2O/c1-12-5-4-8-17(19(12)21)22-18(23)11-13-9-10-16(20)15-7-3-2-6-14(13)15/h2-10H,11,21H2,1H3,(H,22,23). The number of amides is 1. The number of aryl methyl sites for hydroxylation is 1. The Labute approximate surface area is 143 Å². The van der Waals surface area contributed by atoms with Crippen LogP contribution in [-0.2, 0) is 11.2 Å². The number of benzene rings is 3. The SMILES string of the molecule is Cc1cccc(NC(=O)Cc2ccc(Br)c3ccccc23)c1N. The summed E-state index contributed by atoms with van der Waals surface area (Å²) in [6.45, 7) is 1.92. The van der Waals surface area contributed by atoms with Crippen molar-refractivity contribution in [1.29, 1.82) is 0 Å². The zero-order valence-corrected chi connectivity index (χ0v) is 14.4. The monoisotopic (exact) mass is 368 g/mol. The minimum atomic E-state index is -0.0743. The number of para-hydroxylation sites is 1. The third-order valence-corrected chi connectivity index (χ3v) is 4.60. The van der Waals surface area contributed by atoms with Crippen LogP contribution in [-0.4, -0.2) is 5.91 Å². The summed E-state index contributed by atoms with van der Waals surface area (Å²) in [5.74, 6) is -0.0743. The van der Waals surface area contributed by atoms with E-state index in [9.17, 15) is 4.79 Å². The van der Waals surface area contributed by atoms with Gasteiger partial charge < -0.3 is 11.1 Å². The molecule has 3 aromatic carbocycles. The van der Waals surface area contributed by atoms with Crippen LogP contribution >= 0.6 is 15.9 Å². The lowest BCUT2D eigenvalue weighted by Crippen LogP contribution is -2.16. The number of carbonyl (C=O) groups is 1. The minimum absolute atomic E-state index is 0.0743. The smallest absolute Gasteiger partial charge is 0.228 e.